The molecule has 1 aromatic carbocycles. The molecule has 0 radical (unpaired) electrons. The number of rotatable bonds is 9. The number of aryl methyl sites for hydroxylation is 1. The second-order valence-corrected chi connectivity index (χ2v) is 5.06. The molecule has 1 aromatic rings. The third-order valence-electron chi connectivity index (χ3n) is 3.31. The fraction of sp³-hybridized carbons (Fsp3) is 0.588. The summed E-state index contributed by atoms with van der Waals surface area (Å²) >= 11 is 0. The Morgan fingerprint density at radius 1 is 1.05 bits per heavy atom. The SMILES string of the molecule is CCCCCCCCCOc1ccc(C#N)cc1C. The van der Waals surface area contributed by atoms with E-state index in [1.165, 1.54) is 38.5 Å². The van der Waals surface area contributed by atoms with Gasteiger partial charge in [0.05, 0.1) is 18.2 Å². The molecule has 0 N–H and O–H groups in total. The molecule has 0 spiro atoms. The highest BCUT2D eigenvalue weighted by atomic mass is 16.5. The Morgan fingerprint density at radius 3 is 2.37 bits per heavy atom. The van der Waals surface area contributed by atoms with Crippen LogP contribution in [-0.2, 0) is 0 Å². The highest BCUT2D eigenvalue weighted by Crippen LogP contribution is 2.19. The quantitative estimate of drug-likeness (QED) is 0.585. The number of nitriles is 1. The summed E-state index contributed by atoms with van der Waals surface area (Å²) in [5.41, 5.74) is 1.74. The second kappa shape index (κ2) is 9.44. The molecule has 2 heteroatoms. The average Bonchev–Trinajstić information content (AvgIpc) is 2.43. The van der Waals surface area contributed by atoms with E-state index in [1.54, 1.807) is 0 Å². The molecule has 104 valence electrons. The van der Waals surface area contributed by atoms with Crippen LogP contribution in [0.3, 0.4) is 0 Å². The molecular weight excluding hydrogens is 234 g/mol. The van der Waals surface area contributed by atoms with Crippen molar-refractivity contribution in [1.29, 1.82) is 5.26 Å². The average molecular weight is 259 g/mol. The van der Waals surface area contributed by atoms with E-state index in [-0.39, 0.29) is 0 Å². The Kier molecular flexibility index (Phi) is 7.74. The van der Waals surface area contributed by atoms with E-state index in [2.05, 4.69) is 13.0 Å². The van der Waals surface area contributed by atoms with Gasteiger partial charge in [0.15, 0.2) is 0 Å². The van der Waals surface area contributed by atoms with Gasteiger partial charge in [-0.25, -0.2) is 0 Å². The lowest BCUT2D eigenvalue weighted by molar-refractivity contribution is 0.302. The van der Waals surface area contributed by atoms with Crippen molar-refractivity contribution in [1.82, 2.24) is 0 Å². The second-order valence-electron chi connectivity index (χ2n) is 5.06. The summed E-state index contributed by atoms with van der Waals surface area (Å²) in [4.78, 5) is 0. The van der Waals surface area contributed by atoms with Gasteiger partial charge in [-0.1, -0.05) is 45.4 Å². The lowest BCUT2D eigenvalue weighted by atomic mass is 10.1. The molecule has 0 aliphatic heterocycles. The molecule has 0 saturated carbocycles. The summed E-state index contributed by atoms with van der Waals surface area (Å²) in [5.74, 6) is 0.907. The van der Waals surface area contributed by atoms with Crippen LogP contribution in [0.15, 0.2) is 18.2 Å². The smallest absolute Gasteiger partial charge is 0.122 e. The van der Waals surface area contributed by atoms with Crippen LogP contribution < -0.4 is 4.74 Å². The Hall–Kier alpha value is -1.49. The van der Waals surface area contributed by atoms with Crippen LogP contribution in [0.2, 0.25) is 0 Å². The zero-order valence-electron chi connectivity index (χ0n) is 12.2. The minimum absolute atomic E-state index is 0.695. The van der Waals surface area contributed by atoms with Gasteiger partial charge in [-0.05, 0) is 37.1 Å². The standard InChI is InChI=1S/C17H25NO/c1-3-4-5-6-7-8-9-12-19-17-11-10-16(14-18)13-15(17)2/h10-11,13H,3-9,12H2,1-2H3. The van der Waals surface area contributed by atoms with Crippen LogP contribution in [0.4, 0.5) is 0 Å². The zero-order valence-corrected chi connectivity index (χ0v) is 12.2. The van der Waals surface area contributed by atoms with Gasteiger partial charge in [0, 0.05) is 0 Å². The van der Waals surface area contributed by atoms with Gasteiger partial charge in [0.25, 0.3) is 0 Å². The van der Waals surface area contributed by atoms with Gasteiger partial charge in [-0.3, -0.25) is 0 Å². The van der Waals surface area contributed by atoms with Crippen LogP contribution in [0.1, 0.15) is 63.0 Å². The molecule has 1 rings (SSSR count). The molecule has 19 heavy (non-hydrogen) atoms. The van der Waals surface area contributed by atoms with Gasteiger partial charge in [0.2, 0.25) is 0 Å². The first-order valence-corrected chi connectivity index (χ1v) is 7.41. The van der Waals surface area contributed by atoms with E-state index in [9.17, 15) is 0 Å². The zero-order chi connectivity index (χ0) is 13.9. The number of benzene rings is 1. The van der Waals surface area contributed by atoms with Gasteiger partial charge in [-0.2, -0.15) is 5.26 Å². The molecule has 0 heterocycles. The number of hydrogen-bond acceptors (Lipinski definition) is 2. The maximum Gasteiger partial charge on any atom is 0.122 e. The van der Waals surface area contributed by atoms with Crippen molar-refractivity contribution in [2.24, 2.45) is 0 Å². The normalized spacial score (nSPS) is 10.2. The highest BCUT2D eigenvalue weighted by molar-refractivity contribution is 5.41. The van der Waals surface area contributed by atoms with E-state index < -0.39 is 0 Å². The van der Waals surface area contributed by atoms with Gasteiger partial charge in [-0.15, -0.1) is 0 Å². The molecule has 0 atom stereocenters. The van der Waals surface area contributed by atoms with E-state index in [1.807, 2.05) is 25.1 Å². The van der Waals surface area contributed by atoms with Gasteiger partial charge < -0.3 is 4.74 Å². The predicted octanol–water partition coefficient (Wildman–Crippen LogP) is 5.00. The lowest BCUT2D eigenvalue weighted by Gasteiger charge is -2.09. The maximum atomic E-state index is 8.80. The van der Waals surface area contributed by atoms with E-state index in [4.69, 9.17) is 10.00 Å². The number of ether oxygens (including phenoxy) is 1. The molecule has 2 nitrogen and oxygen atoms in total. The van der Waals surface area contributed by atoms with Crippen LogP contribution >= 0.6 is 0 Å². The summed E-state index contributed by atoms with van der Waals surface area (Å²) in [6.07, 6.45) is 9.07. The lowest BCUT2D eigenvalue weighted by Crippen LogP contribution is -1.99. The molecule has 0 amide bonds. The fourth-order valence-electron chi connectivity index (χ4n) is 2.12. The molecule has 0 fully saturated rings. The van der Waals surface area contributed by atoms with Crippen LogP contribution in [0.25, 0.3) is 0 Å². The Morgan fingerprint density at radius 2 is 1.74 bits per heavy atom. The third-order valence-corrected chi connectivity index (χ3v) is 3.31. The van der Waals surface area contributed by atoms with Crippen LogP contribution in [0.5, 0.6) is 5.75 Å². The Balaban J connectivity index is 2.14. The summed E-state index contributed by atoms with van der Waals surface area (Å²) in [6, 6.07) is 7.73. The van der Waals surface area contributed by atoms with Crippen molar-refractivity contribution in [3.05, 3.63) is 29.3 Å². The van der Waals surface area contributed by atoms with Gasteiger partial charge >= 0.3 is 0 Å². The third kappa shape index (κ3) is 6.29. The minimum Gasteiger partial charge on any atom is -0.493 e. The summed E-state index contributed by atoms with van der Waals surface area (Å²) in [6.45, 7) is 5.01. The van der Waals surface area contributed by atoms with Crippen molar-refractivity contribution >= 4 is 0 Å². The Bertz CT molecular complexity index is 406. The number of nitrogens with zero attached hydrogens (tertiary/aromatic N) is 1. The van der Waals surface area contributed by atoms with Crippen molar-refractivity contribution in [2.45, 2.75) is 58.8 Å². The molecule has 0 bridgehead atoms. The first-order chi connectivity index (χ1) is 9.27. The number of hydrogen-bond donors (Lipinski definition) is 0. The predicted molar refractivity (Wildman–Crippen MR) is 79.4 cm³/mol. The first kappa shape index (κ1) is 15.6. The first-order valence-electron chi connectivity index (χ1n) is 7.41. The van der Waals surface area contributed by atoms with E-state index in [0.29, 0.717) is 5.56 Å². The molecule has 0 aliphatic rings. The van der Waals surface area contributed by atoms with Crippen molar-refractivity contribution < 1.29 is 4.74 Å². The van der Waals surface area contributed by atoms with Gasteiger partial charge in [0.1, 0.15) is 5.75 Å². The van der Waals surface area contributed by atoms with E-state index in [0.717, 1.165) is 24.3 Å². The Labute approximate surface area is 117 Å². The summed E-state index contributed by atoms with van der Waals surface area (Å²) in [7, 11) is 0. The molecule has 0 aromatic heterocycles. The van der Waals surface area contributed by atoms with Crippen molar-refractivity contribution in [2.75, 3.05) is 6.61 Å². The summed E-state index contributed by atoms with van der Waals surface area (Å²) < 4.78 is 5.75. The highest BCUT2D eigenvalue weighted by Gasteiger charge is 2.00. The van der Waals surface area contributed by atoms with Crippen LogP contribution in [-0.4, -0.2) is 6.61 Å². The van der Waals surface area contributed by atoms with Crippen molar-refractivity contribution in [3.63, 3.8) is 0 Å². The molecule has 0 saturated heterocycles. The molecular formula is C17H25NO. The van der Waals surface area contributed by atoms with E-state index >= 15 is 0 Å². The monoisotopic (exact) mass is 259 g/mol. The fourth-order valence-corrected chi connectivity index (χ4v) is 2.12. The maximum absolute atomic E-state index is 8.80. The molecule has 0 aliphatic carbocycles. The topological polar surface area (TPSA) is 33.0 Å². The minimum atomic E-state index is 0.695. The van der Waals surface area contributed by atoms with Crippen LogP contribution in [0, 0.1) is 18.3 Å². The molecule has 0 unspecified atom stereocenters. The largest absolute Gasteiger partial charge is 0.493 e. The van der Waals surface area contributed by atoms with Crippen molar-refractivity contribution in [3.8, 4) is 11.8 Å². The summed E-state index contributed by atoms with van der Waals surface area (Å²) in [5, 5.41) is 8.80. The number of unbranched alkanes of at least 4 members (excludes halogenated alkanes) is 6.